The molecule has 1 unspecified atom stereocenters. The fourth-order valence-corrected chi connectivity index (χ4v) is 2.27. The summed E-state index contributed by atoms with van der Waals surface area (Å²) in [5.41, 5.74) is -0.106. The standard InChI is InChI=1S/C19H20FNO3/c1-19(24,15-5-3-2-4-6-15)13-21-18(23)12-11-17(22)14-7-9-16(20)10-8-14/h2-10,24H,11-13H2,1H3,(H,21,23). The maximum absolute atomic E-state index is 12.8. The molecule has 0 saturated heterocycles. The molecule has 1 atom stereocenters. The summed E-state index contributed by atoms with van der Waals surface area (Å²) < 4.78 is 12.8. The molecule has 24 heavy (non-hydrogen) atoms. The molecular weight excluding hydrogens is 309 g/mol. The van der Waals surface area contributed by atoms with Gasteiger partial charge >= 0.3 is 0 Å². The number of aliphatic hydroxyl groups is 1. The lowest BCUT2D eigenvalue weighted by Crippen LogP contribution is -2.38. The van der Waals surface area contributed by atoms with Gasteiger partial charge in [-0.05, 0) is 36.8 Å². The molecule has 0 spiro atoms. The van der Waals surface area contributed by atoms with Crippen molar-refractivity contribution in [1.82, 2.24) is 5.32 Å². The van der Waals surface area contributed by atoms with Crippen LogP contribution in [0.3, 0.4) is 0 Å². The number of benzene rings is 2. The van der Waals surface area contributed by atoms with Crippen LogP contribution in [0.1, 0.15) is 35.7 Å². The maximum atomic E-state index is 12.8. The molecule has 126 valence electrons. The van der Waals surface area contributed by atoms with E-state index in [-0.39, 0.29) is 31.1 Å². The predicted molar refractivity (Wildman–Crippen MR) is 89.0 cm³/mol. The Bertz CT molecular complexity index is 696. The Morgan fingerprint density at radius 3 is 2.29 bits per heavy atom. The molecule has 2 rings (SSSR count). The summed E-state index contributed by atoms with van der Waals surface area (Å²) in [6, 6.07) is 14.3. The zero-order valence-electron chi connectivity index (χ0n) is 13.5. The summed E-state index contributed by atoms with van der Waals surface area (Å²) in [7, 11) is 0. The van der Waals surface area contributed by atoms with E-state index in [1.165, 1.54) is 24.3 Å². The highest BCUT2D eigenvalue weighted by Gasteiger charge is 2.23. The van der Waals surface area contributed by atoms with Crippen molar-refractivity contribution in [2.75, 3.05) is 6.54 Å². The first-order valence-corrected chi connectivity index (χ1v) is 7.72. The molecule has 0 aliphatic rings. The van der Waals surface area contributed by atoms with E-state index in [0.29, 0.717) is 11.1 Å². The number of carbonyl (C=O) groups excluding carboxylic acids is 2. The Labute approximate surface area is 140 Å². The lowest BCUT2D eigenvalue weighted by atomic mass is 9.96. The van der Waals surface area contributed by atoms with Crippen LogP contribution in [-0.2, 0) is 10.4 Å². The molecule has 4 nitrogen and oxygen atoms in total. The van der Waals surface area contributed by atoms with Crippen LogP contribution in [-0.4, -0.2) is 23.3 Å². The van der Waals surface area contributed by atoms with Gasteiger partial charge in [-0.1, -0.05) is 30.3 Å². The molecule has 0 heterocycles. The third-order valence-electron chi connectivity index (χ3n) is 3.77. The average molecular weight is 329 g/mol. The van der Waals surface area contributed by atoms with Crippen molar-refractivity contribution in [3.05, 3.63) is 71.5 Å². The third kappa shape index (κ3) is 4.99. The molecule has 2 aromatic carbocycles. The fourth-order valence-electron chi connectivity index (χ4n) is 2.27. The third-order valence-corrected chi connectivity index (χ3v) is 3.77. The number of ketones is 1. The number of halogens is 1. The van der Waals surface area contributed by atoms with Crippen LogP contribution >= 0.6 is 0 Å². The summed E-state index contributed by atoms with van der Waals surface area (Å²) in [5, 5.41) is 13.0. The van der Waals surface area contributed by atoms with Crippen LogP contribution in [0.25, 0.3) is 0 Å². The van der Waals surface area contributed by atoms with Crippen LogP contribution in [0.4, 0.5) is 4.39 Å². The van der Waals surface area contributed by atoms with Crippen LogP contribution in [0.15, 0.2) is 54.6 Å². The Kier molecular flexibility index (Phi) is 5.82. The summed E-state index contributed by atoms with van der Waals surface area (Å²) in [6.07, 6.45) is 0.0476. The lowest BCUT2D eigenvalue weighted by molar-refractivity contribution is -0.122. The van der Waals surface area contributed by atoms with Gasteiger partial charge in [0.05, 0.1) is 6.54 Å². The van der Waals surface area contributed by atoms with Gasteiger partial charge in [0.25, 0.3) is 0 Å². The zero-order valence-corrected chi connectivity index (χ0v) is 13.5. The van der Waals surface area contributed by atoms with Gasteiger partial charge in [0.2, 0.25) is 5.91 Å². The van der Waals surface area contributed by atoms with Crippen molar-refractivity contribution in [3.63, 3.8) is 0 Å². The number of nitrogens with one attached hydrogen (secondary N) is 1. The molecule has 1 amide bonds. The Hall–Kier alpha value is -2.53. The molecule has 0 radical (unpaired) electrons. The minimum Gasteiger partial charge on any atom is -0.384 e. The normalized spacial score (nSPS) is 13.1. The Morgan fingerprint density at radius 1 is 1.04 bits per heavy atom. The van der Waals surface area contributed by atoms with Gasteiger partial charge < -0.3 is 10.4 Å². The zero-order chi connectivity index (χ0) is 17.6. The fraction of sp³-hybridized carbons (Fsp3) is 0.263. The average Bonchev–Trinajstić information content (AvgIpc) is 2.59. The van der Waals surface area contributed by atoms with E-state index in [2.05, 4.69) is 5.32 Å². The molecule has 0 saturated carbocycles. The van der Waals surface area contributed by atoms with Crippen molar-refractivity contribution in [2.24, 2.45) is 0 Å². The monoisotopic (exact) mass is 329 g/mol. The lowest BCUT2D eigenvalue weighted by Gasteiger charge is -2.24. The molecule has 2 N–H and O–H groups in total. The van der Waals surface area contributed by atoms with Gasteiger partial charge in [0.1, 0.15) is 11.4 Å². The van der Waals surface area contributed by atoms with Gasteiger partial charge in [-0.3, -0.25) is 9.59 Å². The smallest absolute Gasteiger partial charge is 0.220 e. The molecule has 0 aliphatic carbocycles. The quantitative estimate of drug-likeness (QED) is 0.768. The predicted octanol–water partition coefficient (Wildman–Crippen LogP) is 2.81. The SMILES string of the molecule is CC(O)(CNC(=O)CCC(=O)c1ccc(F)cc1)c1ccccc1. The number of amides is 1. The second kappa shape index (κ2) is 7.84. The number of hydrogen-bond donors (Lipinski definition) is 2. The van der Waals surface area contributed by atoms with Crippen LogP contribution in [0.2, 0.25) is 0 Å². The highest BCUT2D eigenvalue weighted by atomic mass is 19.1. The number of rotatable bonds is 7. The first kappa shape index (κ1) is 17.8. The maximum Gasteiger partial charge on any atom is 0.220 e. The summed E-state index contributed by atoms with van der Waals surface area (Å²) in [5.74, 6) is -0.950. The molecule has 0 bridgehead atoms. The second-order valence-corrected chi connectivity index (χ2v) is 5.85. The topological polar surface area (TPSA) is 66.4 Å². The Morgan fingerprint density at radius 2 is 1.67 bits per heavy atom. The molecule has 0 aliphatic heterocycles. The van der Waals surface area contributed by atoms with Crippen LogP contribution < -0.4 is 5.32 Å². The number of carbonyl (C=O) groups is 2. The molecular formula is C19H20FNO3. The van der Waals surface area contributed by atoms with Crippen LogP contribution in [0.5, 0.6) is 0 Å². The van der Waals surface area contributed by atoms with E-state index < -0.39 is 11.4 Å². The van der Waals surface area contributed by atoms with Gasteiger partial charge in [0.15, 0.2) is 5.78 Å². The van der Waals surface area contributed by atoms with E-state index >= 15 is 0 Å². The van der Waals surface area contributed by atoms with Crippen molar-refractivity contribution in [3.8, 4) is 0 Å². The first-order valence-electron chi connectivity index (χ1n) is 7.72. The summed E-state index contributed by atoms with van der Waals surface area (Å²) in [6.45, 7) is 1.67. The van der Waals surface area contributed by atoms with Gasteiger partial charge in [-0.2, -0.15) is 0 Å². The highest BCUT2D eigenvalue weighted by Crippen LogP contribution is 2.19. The molecule has 2 aromatic rings. The minimum absolute atomic E-state index is 0.0150. The van der Waals surface area contributed by atoms with Crippen molar-refractivity contribution in [1.29, 1.82) is 0 Å². The van der Waals surface area contributed by atoms with E-state index in [1.807, 2.05) is 18.2 Å². The second-order valence-electron chi connectivity index (χ2n) is 5.85. The van der Waals surface area contributed by atoms with E-state index in [4.69, 9.17) is 0 Å². The Balaban J connectivity index is 1.81. The minimum atomic E-state index is -1.18. The number of Topliss-reactive ketones (excluding diaryl/α,β-unsaturated/α-hetero) is 1. The van der Waals surface area contributed by atoms with Gasteiger partial charge in [-0.15, -0.1) is 0 Å². The van der Waals surface area contributed by atoms with Crippen molar-refractivity contribution in [2.45, 2.75) is 25.4 Å². The summed E-state index contributed by atoms with van der Waals surface area (Å²) in [4.78, 5) is 23.8. The van der Waals surface area contributed by atoms with E-state index in [0.717, 1.165) is 0 Å². The van der Waals surface area contributed by atoms with E-state index in [9.17, 15) is 19.1 Å². The van der Waals surface area contributed by atoms with E-state index in [1.54, 1.807) is 19.1 Å². The highest BCUT2D eigenvalue weighted by molar-refractivity contribution is 5.97. The number of hydrogen-bond acceptors (Lipinski definition) is 3. The summed E-state index contributed by atoms with van der Waals surface area (Å²) >= 11 is 0. The van der Waals surface area contributed by atoms with Crippen LogP contribution in [0, 0.1) is 5.82 Å². The van der Waals surface area contributed by atoms with Crippen molar-refractivity contribution >= 4 is 11.7 Å². The van der Waals surface area contributed by atoms with Gasteiger partial charge in [0, 0.05) is 18.4 Å². The molecule has 5 heteroatoms. The van der Waals surface area contributed by atoms with Gasteiger partial charge in [-0.25, -0.2) is 4.39 Å². The van der Waals surface area contributed by atoms with Crippen molar-refractivity contribution < 1.29 is 19.1 Å². The first-order chi connectivity index (χ1) is 11.4. The molecule has 0 aromatic heterocycles. The largest absolute Gasteiger partial charge is 0.384 e. The molecule has 0 fully saturated rings.